The molecule has 0 amide bonds. The van der Waals surface area contributed by atoms with E-state index in [1.165, 1.54) is 25.3 Å². The molecular weight excluding hydrogens is 286 g/mol. The normalized spacial score (nSPS) is 19.2. The van der Waals surface area contributed by atoms with Crippen LogP contribution in [0.5, 0.6) is 0 Å². The Bertz CT molecular complexity index is 384. The average molecular weight is 303 g/mol. The van der Waals surface area contributed by atoms with E-state index < -0.39 is 11.6 Å². The average Bonchev–Trinajstić information content (AvgIpc) is 2.34. The summed E-state index contributed by atoms with van der Waals surface area (Å²) in [7, 11) is 0. The maximum Gasteiger partial charge on any atom is 0.129 e. The Morgan fingerprint density at radius 2 is 1.82 bits per heavy atom. The van der Waals surface area contributed by atoms with Gasteiger partial charge < -0.3 is 0 Å². The Labute approximate surface area is 110 Å². The Morgan fingerprint density at radius 1 is 1.12 bits per heavy atom. The molecule has 0 spiro atoms. The van der Waals surface area contributed by atoms with Gasteiger partial charge in [0, 0.05) is 11.4 Å². The molecule has 1 aliphatic carbocycles. The van der Waals surface area contributed by atoms with Crippen molar-refractivity contribution in [3.8, 4) is 0 Å². The van der Waals surface area contributed by atoms with Gasteiger partial charge in [-0.3, -0.25) is 0 Å². The van der Waals surface area contributed by atoms with E-state index >= 15 is 0 Å². The van der Waals surface area contributed by atoms with Crippen LogP contribution in [-0.4, -0.2) is 5.33 Å². The van der Waals surface area contributed by atoms with Crippen molar-refractivity contribution in [3.05, 3.63) is 35.4 Å². The zero-order chi connectivity index (χ0) is 12.3. The lowest BCUT2D eigenvalue weighted by molar-refractivity contribution is 0.221. The maximum absolute atomic E-state index is 13.7. The lowest BCUT2D eigenvalue weighted by Gasteiger charge is -2.36. The van der Waals surface area contributed by atoms with Crippen LogP contribution >= 0.6 is 15.9 Å². The quantitative estimate of drug-likeness (QED) is 0.700. The van der Waals surface area contributed by atoms with Crippen molar-refractivity contribution in [2.24, 2.45) is 5.41 Å². The predicted molar refractivity (Wildman–Crippen MR) is 69.4 cm³/mol. The van der Waals surface area contributed by atoms with E-state index in [9.17, 15) is 8.78 Å². The van der Waals surface area contributed by atoms with Crippen molar-refractivity contribution in [1.82, 2.24) is 0 Å². The molecule has 1 saturated carbocycles. The van der Waals surface area contributed by atoms with Crippen molar-refractivity contribution in [2.45, 2.75) is 38.5 Å². The van der Waals surface area contributed by atoms with Gasteiger partial charge in [-0.2, -0.15) is 0 Å². The van der Waals surface area contributed by atoms with Crippen LogP contribution in [0.1, 0.15) is 37.7 Å². The molecule has 1 aliphatic rings. The number of rotatable bonds is 3. The molecule has 17 heavy (non-hydrogen) atoms. The number of benzene rings is 1. The minimum Gasteiger partial charge on any atom is -0.207 e. The lowest BCUT2D eigenvalue weighted by Crippen LogP contribution is -2.28. The fraction of sp³-hybridized carbons (Fsp3) is 0.571. The van der Waals surface area contributed by atoms with E-state index in [0.717, 1.165) is 24.2 Å². The molecular formula is C14H17BrF2. The Hall–Kier alpha value is -0.440. The third-order valence-electron chi connectivity index (χ3n) is 3.78. The molecule has 0 atom stereocenters. The Kier molecular flexibility index (Phi) is 4.18. The smallest absolute Gasteiger partial charge is 0.129 e. The first-order chi connectivity index (χ1) is 8.15. The molecule has 0 saturated heterocycles. The first-order valence-electron chi connectivity index (χ1n) is 6.15. The topological polar surface area (TPSA) is 0 Å². The van der Waals surface area contributed by atoms with Gasteiger partial charge in [-0.15, -0.1) is 0 Å². The Morgan fingerprint density at radius 3 is 2.41 bits per heavy atom. The van der Waals surface area contributed by atoms with Crippen LogP contribution in [0, 0.1) is 17.0 Å². The molecule has 0 unspecified atom stereocenters. The van der Waals surface area contributed by atoms with Crippen LogP contribution in [0.3, 0.4) is 0 Å². The number of halogens is 3. The van der Waals surface area contributed by atoms with Gasteiger partial charge in [0.25, 0.3) is 0 Å². The van der Waals surface area contributed by atoms with Crippen LogP contribution in [-0.2, 0) is 6.42 Å². The zero-order valence-corrected chi connectivity index (χ0v) is 11.4. The van der Waals surface area contributed by atoms with Gasteiger partial charge in [0.05, 0.1) is 0 Å². The van der Waals surface area contributed by atoms with Crippen LogP contribution in [0.2, 0.25) is 0 Å². The molecule has 0 nitrogen and oxygen atoms in total. The standard InChI is InChI=1S/C14H17BrF2/c15-10-14(6-2-1-3-7-14)9-11-4-5-12(16)8-13(11)17/h4-5,8H,1-3,6-7,9-10H2. The highest BCUT2D eigenvalue weighted by Crippen LogP contribution is 2.41. The Balaban J connectivity index is 2.17. The summed E-state index contributed by atoms with van der Waals surface area (Å²) in [6.07, 6.45) is 6.69. The van der Waals surface area contributed by atoms with Gasteiger partial charge in [-0.05, 0) is 36.3 Å². The molecule has 0 heterocycles. The van der Waals surface area contributed by atoms with Crippen LogP contribution < -0.4 is 0 Å². The second kappa shape index (κ2) is 5.47. The summed E-state index contributed by atoms with van der Waals surface area (Å²) in [5, 5.41) is 0.900. The first kappa shape index (κ1) is 13.0. The molecule has 94 valence electrons. The van der Waals surface area contributed by atoms with Crippen molar-refractivity contribution in [1.29, 1.82) is 0 Å². The monoisotopic (exact) mass is 302 g/mol. The first-order valence-corrected chi connectivity index (χ1v) is 7.27. The van der Waals surface area contributed by atoms with Crippen molar-refractivity contribution in [3.63, 3.8) is 0 Å². The highest BCUT2D eigenvalue weighted by Gasteiger charge is 2.31. The predicted octanol–water partition coefficient (Wildman–Crippen LogP) is 4.85. The molecule has 0 radical (unpaired) electrons. The number of hydrogen-bond acceptors (Lipinski definition) is 0. The zero-order valence-electron chi connectivity index (χ0n) is 9.82. The molecule has 3 heteroatoms. The third kappa shape index (κ3) is 3.06. The van der Waals surface area contributed by atoms with Crippen molar-refractivity contribution < 1.29 is 8.78 Å². The van der Waals surface area contributed by atoms with E-state index in [2.05, 4.69) is 15.9 Å². The van der Waals surface area contributed by atoms with Crippen LogP contribution in [0.15, 0.2) is 18.2 Å². The van der Waals surface area contributed by atoms with Crippen LogP contribution in [0.4, 0.5) is 8.78 Å². The highest BCUT2D eigenvalue weighted by atomic mass is 79.9. The highest BCUT2D eigenvalue weighted by molar-refractivity contribution is 9.09. The summed E-state index contributed by atoms with van der Waals surface area (Å²) in [5.74, 6) is -0.904. The van der Waals surface area contributed by atoms with E-state index in [1.54, 1.807) is 6.07 Å². The van der Waals surface area contributed by atoms with E-state index in [1.807, 2.05) is 0 Å². The number of alkyl halides is 1. The van der Waals surface area contributed by atoms with Crippen LogP contribution in [0.25, 0.3) is 0 Å². The van der Waals surface area contributed by atoms with Gasteiger partial charge in [0.1, 0.15) is 11.6 Å². The molecule has 0 N–H and O–H groups in total. The molecule has 2 rings (SSSR count). The fourth-order valence-electron chi connectivity index (χ4n) is 2.73. The van der Waals surface area contributed by atoms with Gasteiger partial charge >= 0.3 is 0 Å². The van der Waals surface area contributed by atoms with E-state index in [4.69, 9.17) is 0 Å². The van der Waals surface area contributed by atoms with Crippen molar-refractivity contribution >= 4 is 15.9 Å². The van der Waals surface area contributed by atoms with Gasteiger partial charge in [0.2, 0.25) is 0 Å². The van der Waals surface area contributed by atoms with Gasteiger partial charge in [-0.1, -0.05) is 41.3 Å². The van der Waals surface area contributed by atoms with Gasteiger partial charge in [-0.25, -0.2) is 8.78 Å². The van der Waals surface area contributed by atoms with E-state index in [-0.39, 0.29) is 5.41 Å². The fourth-order valence-corrected chi connectivity index (χ4v) is 3.49. The summed E-state index contributed by atoms with van der Waals surface area (Å²) in [6, 6.07) is 3.92. The molecule has 1 fully saturated rings. The summed E-state index contributed by atoms with van der Waals surface area (Å²) < 4.78 is 26.5. The minimum atomic E-state index is -0.497. The van der Waals surface area contributed by atoms with Crippen molar-refractivity contribution in [2.75, 3.05) is 5.33 Å². The summed E-state index contributed by atoms with van der Waals surface area (Å²) in [5.41, 5.74) is 0.810. The molecule has 0 aromatic heterocycles. The largest absolute Gasteiger partial charge is 0.207 e. The molecule has 1 aromatic rings. The summed E-state index contributed by atoms with van der Waals surface area (Å²) in [4.78, 5) is 0. The summed E-state index contributed by atoms with van der Waals surface area (Å²) >= 11 is 3.57. The molecule has 1 aromatic carbocycles. The molecule has 0 aliphatic heterocycles. The third-order valence-corrected chi connectivity index (χ3v) is 4.97. The van der Waals surface area contributed by atoms with Gasteiger partial charge in [0.15, 0.2) is 0 Å². The second-order valence-corrected chi connectivity index (χ2v) is 5.67. The van der Waals surface area contributed by atoms with E-state index in [0.29, 0.717) is 12.0 Å². The lowest BCUT2D eigenvalue weighted by atomic mass is 9.72. The summed E-state index contributed by atoms with van der Waals surface area (Å²) in [6.45, 7) is 0. The minimum absolute atomic E-state index is 0.164. The SMILES string of the molecule is Fc1ccc(CC2(CBr)CCCCC2)c(F)c1. The number of hydrogen-bond donors (Lipinski definition) is 0. The molecule has 0 bridgehead atoms. The second-order valence-electron chi connectivity index (χ2n) is 5.11. The maximum atomic E-state index is 13.7.